The molecule has 2 saturated carbocycles. The van der Waals surface area contributed by atoms with Crippen molar-refractivity contribution in [3.05, 3.63) is 35.4 Å². The van der Waals surface area contributed by atoms with Gasteiger partial charge in [0.1, 0.15) is 5.71 Å². The van der Waals surface area contributed by atoms with Gasteiger partial charge in [-0.25, -0.2) is 0 Å². The number of aliphatic imine (C=N–C) groups is 1. The summed E-state index contributed by atoms with van der Waals surface area (Å²) < 4.78 is 41.0. The van der Waals surface area contributed by atoms with Crippen LogP contribution >= 0.6 is 0 Å². The first-order valence-corrected chi connectivity index (χ1v) is 10.8. The van der Waals surface area contributed by atoms with Gasteiger partial charge in [0, 0.05) is 17.0 Å². The second-order valence-electron chi connectivity index (χ2n) is 9.18. The van der Waals surface area contributed by atoms with Gasteiger partial charge in [-0.2, -0.15) is 13.2 Å². The minimum atomic E-state index is -4.33. The summed E-state index contributed by atoms with van der Waals surface area (Å²) in [5.74, 6) is -0.321. The molecule has 29 heavy (non-hydrogen) atoms. The molecule has 1 amide bonds. The summed E-state index contributed by atoms with van der Waals surface area (Å²) in [4.78, 5) is 17.9. The number of benzene rings is 1. The number of halogens is 3. The molecule has 1 heterocycles. The standard InChI is InChI=1S/C23H29F3N2O/c1-21-13-7-8-14-22(21,15-23(24,25)26)28-19(17-11-5-6-12-18(17)21)20(29)27-16-9-3-2-4-10-16/h5-6,11-12,16H,2-4,7-10,13-15H2,1H3,(H,27,29). The molecular weight excluding hydrogens is 377 g/mol. The van der Waals surface area contributed by atoms with Crippen molar-refractivity contribution in [2.75, 3.05) is 0 Å². The normalized spacial score (nSPS) is 30.1. The highest BCUT2D eigenvalue weighted by Gasteiger charge is 2.58. The number of carbonyl (C=O) groups is 1. The maximum atomic E-state index is 13.7. The number of hydrogen-bond donors (Lipinski definition) is 1. The van der Waals surface area contributed by atoms with Gasteiger partial charge in [-0.05, 0) is 31.2 Å². The summed E-state index contributed by atoms with van der Waals surface area (Å²) in [5.41, 5.74) is -0.297. The summed E-state index contributed by atoms with van der Waals surface area (Å²) in [6.45, 7) is 1.91. The predicted molar refractivity (Wildman–Crippen MR) is 107 cm³/mol. The Morgan fingerprint density at radius 2 is 1.79 bits per heavy atom. The van der Waals surface area contributed by atoms with Crippen LogP contribution in [-0.4, -0.2) is 29.4 Å². The third kappa shape index (κ3) is 3.71. The largest absolute Gasteiger partial charge is 0.391 e. The van der Waals surface area contributed by atoms with Gasteiger partial charge in [0.25, 0.3) is 5.91 Å². The molecule has 4 rings (SSSR count). The topological polar surface area (TPSA) is 41.5 Å². The fourth-order valence-electron chi connectivity index (χ4n) is 5.74. The van der Waals surface area contributed by atoms with E-state index in [-0.39, 0.29) is 17.7 Å². The Morgan fingerprint density at radius 1 is 1.10 bits per heavy atom. The molecule has 0 bridgehead atoms. The molecular formula is C23H29F3N2O. The van der Waals surface area contributed by atoms with E-state index in [1.165, 1.54) is 6.42 Å². The SMILES string of the molecule is CC12CCCCC1(CC(F)(F)F)N=C(C(=O)NC1CCCCC1)c1ccccc12. The van der Waals surface area contributed by atoms with Crippen molar-refractivity contribution >= 4 is 11.6 Å². The molecule has 0 radical (unpaired) electrons. The Kier molecular flexibility index (Phi) is 5.24. The Morgan fingerprint density at radius 3 is 2.52 bits per heavy atom. The van der Waals surface area contributed by atoms with Gasteiger partial charge < -0.3 is 5.32 Å². The van der Waals surface area contributed by atoms with E-state index >= 15 is 0 Å². The van der Waals surface area contributed by atoms with E-state index < -0.39 is 23.6 Å². The number of carbonyl (C=O) groups excluding carboxylic acids is 1. The highest BCUT2D eigenvalue weighted by Crippen LogP contribution is 2.55. The van der Waals surface area contributed by atoms with Gasteiger partial charge in [-0.15, -0.1) is 0 Å². The molecule has 1 aliphatic heterocycles. The predicted octanol–water partition coefficient (Wildman–Crippen LogP) is 5.46. The quantitative estimate of drug-likeness (QED) is 0.711. The molecule has 0 aromatic heterocycles. The molecule has 0 spiro atoms. The average molecular weight is 406 g/mol. The van der Waals surface area contributed by atoms with Gasteiger partial charge in [0.05, 0.1) is 12.0 Å². The average Bonchev–Trinajstić information content (AvgIpc) is 2.68. The molecule has 3 nitrogen and oxygen atoms in total. The lowest BCUT2D eigenvalue weighted by atomic mass is 9.55. The highest BCUT2D eigenvalue weighted by atomic mass is 19.4. The van der Waals surface area contributed by atoms with Gasteiger partial charge in [-0.1, -0.05) is 63.3 Å². The van der Waals surface area contributed by atoms with Crippen molar-refractivity contribution in [2.45, 2.75) is 94.3 Å². The van der Waals surface area contributed by atoms with Crippen molar-refractivity contribution in [1.82, 2.24) is 5.32 Å². The monoisotopic (exact) mass is 406 g/mol. The first kappa shape index (κ1) is 20.4. The molecule has 3 aliphatic rings. The Labute approximate surface area is 170 Å². The third-order valence-electron chi connectivity index (χ3n) is 7.30. The summed E-state index contributed by atoms with van der Waals surface area (Å²) in [6, 6.07) is 7.52. The smallest absolute Gasteiger partial charge is 0.348 e. The van der Waals surface area contributed by atoms with Crippen LogP contribution in [0.25, 0.3) is 0 Å². The number of amides is 1. The van der Waals surface area contributed by atoms with E-state index in [2.05, 4.69) is 10.3 Å². The molecule has 1 N–H and O–H groups in total. The summed E-state index contributed by atoms with van der Waals surface area (Å²) in [5, 5.41) is 3.07. The lowest BCUT2D eigenvalue weighted by Crippen LogP contribution is -2.57. The summed E-state index contributed by atoms with van der Waals surface area (Å²) in [6.07, 6.45) is 2.44. The molecule has 2 atom stereocenters. The van der Waals surface area contributed by atoms with Crippen molar-refractivity contribution in [3.63, 3.8) is 0 Å². The maximum Gasteiger partial charge on any atom is 0.391 e. The van der Waals surface area contributed by atoms with Gasteiger partial charge >= 0.3 is 6.18 Å². The van der Waals surface area contributed by atoms with Crippen molar-refractivity contribution in [3.8, 4) is 0 Å². The van der Waals surface area contributed by atoms with Crippen LogP contribution in [0.2, 0.25) is 0 Å². The van der Waals surface area contributed by atoms with Crippen molar-refractivity contribution in [1.29, 1.82) is 0 Å². The van der Waals surface area contributed by atoms with E-state index in [1.54, 1.807) is 0 Å². The van der Waals surface area contributed by atoms with Gasteiger partial charge in [-0.3, -0.25) is 9.79 Å². The highest BCUT2D eigenvalue weighted by molar-refractivity contribution is 6.46. The lowest BCUT2D eigenvalue weighted by molar-refractivity contribution is -0.156. The van der Waals surface area contributed by atoms with Crippen LogP contribution in [-0.2, 0) is 10.2 Å². The fourth-order valence-corrected chi connectivity index (χ4v) is 5.74. The van der Waals surface area contributed by atoms with Crippen molar-refractivity contribution in [2.24, 2.45) is 4.99 Å². The fraction of sp³-hybridized carbons (Fsp3) is 0.652. The van der Waals surface area contributed by atoms with Crippen molar-refractivity contribution < 1.29 is 18.0 Å². The number of nitrogens with one attached hydrogen (secondary N) is 1. The zero-order valence-electron chi connectivity index (χ0n) is 16.9. The Balaban J connectivity index is 1.78. The molecule has 2 aliphatic carbocycles. The van der Waals surface area contributed by atoms with Crippen LogP contribution < -0.4 is 5.32 Å². The number of nitrogens with zero attached hydrogens (tertiary/aromatic N) is 1. The zero-order valence-corrected chi connectivity index (χ0v) is 16.9. The molecule has 1 aromatic carbocycles. The van der Waals surface area contributed by atoms with E-state index in [0.717, 1.165) is 37.7 Å². The van der Waals surface area contributed by atoms with Crippen LogP contribution in [0, 0.1) is 0 Å². The number of fused-ring (bicyclic) bond motifs is 3. The number of hydrogen-bond acceptors (Lipinski definition) is 2. The van der Waals surface area contributed by atoms with Crippen LogP contribution in [0.4, 0.5) is 13.2 Å². The van der Waals surface area contributed by atoms with Crippen LogP contribution in [0.1, 0.15) is 82.3 Å². The maximum absolute atomic E-state index is 13.7. The molecule has 158 valence electrons. The number of alkyl halides is 3. The second kappa shape index (κ2) is 7.44. The minimum Gasteiger partial charge on any atom is -0.348 e. The van der Waals surface area contributed by atoms with Gasteiger partial charge in [0.2, 0.25) is 0 Å². The summed E-state index contributed by atoms with van der Waals surface area (Å²) in [7, 11) is 0. The molecule has 2 fully saturated rings. The lowest BCUT2D eigenvalue weighted by Gasteiger charge is -2.53. The van der Waals surface area contributed by atoms with E-state index in [0.29, 0.717) is 24.8 Å². The first-order chi connectivity index (χ1) is 13.7. The van der Waals surface area contributed by atoms with Gasteiger partial charge in [0.15, 0.2) is 0 Å². The van der Waals surface area contributed by atoms with E-state index in [9.17, 15) is 18.0 Å². The van der Waals surface area contributed by atoms with Crippen LogP contribution in [0.15, 0.2) is 29.3 Å². The zero-order chi connectivity index (χ0) is 20.7. The van der Waals surface area contributed by atoms with E-state index in [1.807, 2.05) is 31.2 Å². The first-order valence-electron chi connectivity index (χ1n) is 10.8. The second-order valence-corrected chi connectivity index (χ2v) is 9.18. The summed E-state index contributed by atoms with van der Waals surface area (Å²) >= 11 is 0. The van der Waals surface area contributed by atoms with E-state index in [4.69, 9.17) is 0 Å². The van der Waals surface area contributed by atoms with Crippen LogP contribution in [0.5, 0.6) is 0 Å². The third-order valence-corrected chi connectivity index (χ3v) is 7.30. The molecule has 1 aromatic rings. The Hall–Kier alpha value is -1.85. The number of rotatable bonds is 3. The molecule has 6 heteroatoms. The van der Waals surface area contributed by atoms with Crippen LogP contribution in [0.3, 0.4) is 0 Å². The minimum absolute atomic E-state index is 0.0874. The molecule has 0 saturated heterocycles. The Bertz CT molecular complexity index is 813. The molecule has 2 unspecified atom stereocenters.